The molecule has 8 heteroatoms. The van der Waals surface area contributed by atoms with Crippen molar-refractivity contribution >= 4 is 18.1 Å². The van der Waals surface area contributed by atoms with Crippen LogP contribution in [0.4, 0.5) is 9.59 Å². The fourth-order valence-corrected chi connectivity index (χ4v) is 0.926. The van der Waals surface area contributed by atoms with Gasteiger partial charge in [-0.25, -0.2) is 9.59 Å². The monoisotopic (exact) mass is 274 g/mol. The molecule has 0 unspecified atom stereocenters. The summed E-state index contributed by atoms with van der Waals surface area (Å²) in [6, 6.07) is -1.37. The van der Waals surface area contributed by atoms with E-state index in [1.807, 2.05) is 20.8 Å². The molecule has 0 aliphatic heterocycles. The van der Waals surface area contributed by atoms with Gasteiger partial charge in [0.2, 0.25) is 0 Å². The van der Waals surface area contributed by atoms with E-state index < -0.39 is 17.6 Å². The molecule has 0 aromatic carbocycles. The lowest BCUT2D eigenvalue weighted by Gasteiger charge is -2.18. The standard InChI is InChI=1S/C11H22N4O4/c1-6-19-7-12-8(16)13-10(18-5)14-9(17)15-11(2,3)4/h6-7H2,1-5H3,(H3,12,13,14,15,16,17). The topological polar surface area (TPSA) is 101 Å². The van der Waals surface area contributed by atoms with Gasteiger partial charge in [-0.3, -0.25) is 5.32 Å². The Morgan fingerprint density at radius 3 is 2.37 bits per heavy atom. The van der Waals surface area contributed by atoms with Crippen molar-refractivity contribution in [1.29, 1.82) is 0 Å². The van der Waals surface area contributed by atoms with E-state index in [1.165, 1.54) is 7.11 Å². The summed E-state index contributed by atoms with van der Waals surface area (Å²) in [7, 11) is 1.30. The fourth-order valence-electron chi connectivity index (χ4n) is 0.926. The van der Waals surface area contributed by atoms with Crippen LogP contribution in [0.25, 0.3) is 0 Å². The van der Waals surface area contributed by atoms with Gasteiger partial charge in [-0.15, -0.1) is 4.99 Å². The van der Waals surface area contributed by atoms with Gasteiger partial charge in [0.1, 0.15) is 6.73 Å². The zero-order valence-electron chi connectivity index (χ0n) is 12.0. The number of ether oxygens (including phenoxy) is 2. The quantitative estimate of drug-likeness (QED) is 0.306. The molecule has 0 heterocycles. The average molecular weight is 274 g/mol. The Morgan fingerprint density at radius 1 is 1.26 bits per heavy atom. The molecule has 0 atom stereocenters. The van der Waals surface area contributed by atoms with E-state index >= 15 is 0 Å². The van der Waals surface area contributed by atoms with Gasteiger partial charge in [-0.2, -0.15) is 0 Å². The summed E-state index contributed by atoms with van der Waals surface area (Å²) in [5.74, 6) is 0. The number of aliphatic imine (C=N–C) groups is 1. The maximum atomic E-state index is 11.5. The molecule has 0 aliphatic rings. The summed E-state index contributed by atoms with van der Waals surface area (Å²) in [4.78, 5) is 26.4. The minimum atomic E-state index is -0.602. The van der Waals surface area contributed by atoms with Gasteiger partial charge in [0.15, 0.2) is 0 Å². The van der Waals surface area contributed by atoms with Gasteiger partial charge in [0.05, 0.1) is 7.11 Å². The fraction of sp³-hybridized carbons (Fsp3) is 0.727. The Hall–Kier alpha value is -1.83. The summed E-state index contributed by atoms with van der Waals surface area (Å²) in [5.41, 5.74) is -0.420. The first-order chi connectivity index (χ1) is 8.78. The lowest BCUT2D eigenvalue weighted by Crippen LogP contribution is -2.43. The second kappa shape index (κ2) is 8.30. The molecule has 0 saturated carbocycles. The molecule has 0 rings (SSSR count). The highest BCUT2D eigenvalue weighted by atomic mass is 16.5. The maximum absolute atomic E-state index is 11.5. The first-order valence-electron chi connectivity index (χ1n) is 5.86. The SMILES string of the molecule is CCOCNC(=O)NC(=NC(=O)NC(C)(C)C)OC. The Morgan fingerprint density at radius 2 is 1.89 bits per heavy atom. The zero-order valence-corrected chi connectivity index (χ0v) is 12.0. The highest BCUT2D eigenvalue weighted by Gasteiger charge is 2.14. The maximum Gasteiger partial charge on any atom is 0.345 e. The van der Waals surface area contributed by atoms with Crippen molar-refractivity contribution in [1.82, 2.24) is 16.0 Å². The van der Waals surface area contributed by atoms with Gasteiger partial charge in [-0.1, -0.05) is 0 Å². The number of hydrogen-bond acceptors (Lipinski definition) is 4. The summed E-state index contributed by atoms with van der Waals surface area (Å²) in [5, 5.41) is 7.29. The summed E-state index contributed by atoms with van der Waals surface area (Å²) >= 11 is 0. The number of amidine groups is 1. The number of carbonyl (C=O) groups excluding carboxylic acids is 2. The highest BCUT2D eigenvalue weighted by Crippen LogP contribution is 1.98. The molecule has 110 valence electrons. The van der Waals surface area contributed by atoms with Gasteiger partial charge in [-0.05, 0) is 27.7 Å². The van der Waals surface area contributed by atoms with Crippen molar-refractivity contribution in [2.45, 2.75) is 33.2 Å². The van der Waals surface area contributed by atoms with Gasteiger partial charge in [0, 0.05) is 12.1 Å². The Bertz CT molecular complexity index is 336. The van der Waals surface area contributed by atoms with Crippen molar-refractivity contribution in [3.8, 4) is 0 Å². The van der Waals surface area contributed by atoms with Gasteiger partial charge < -0.3 is 20.1 Å². The third kappa shape index (κ3) is 9.83. The van der Waals surface area contributed by atoms with Crippen molar-refractivity contribution < 1.29 is 19.1 Å². The molecule has 0 bridgehead atoms. The van der Waals surface area contributed by atoms with Crippen LogP contribution in [0.5, 0.6) is 0 Å². The van der Waals surface area contributed by atoms with E-state index in [9.17, 15) is 9.59 Å². The number of urea groups is 2. The Kier molecular flexibility index (Phi) is 7.50. The number of nitrogens with zero attached hydrogens (tertiary/aromatic N) is 1. The molecule has 0 aromatic heterocycles. The summed E-state index contributed by atoms with van der Waals surface area (Å²) in [6.07, 6.45) is 0. The van der Waals surface area contributed by atoms with Crippen LogP contribution in [0.2, 0.25) is 0 Å². The molecule has 4 amide bonds. The first-order valence-corrected chi connectivity index (χ1v) is 5.86. The van der Waals surface area contributed by atoms with Gasteiger partial charge >= 0.3 is 18.1 Å². The number of methoxy groups -OCH3 is 1. The largest absolute Gasteiger partial charge is 0.468 e. The number of amides is 4. The summed E-state index contributed by atoms with van der Waals surface area (Å²) < 4.78 is 9.72. The second-order valence-corrected chi connectivity index (χ2v) is 4.57. The normalized spacial score (nSPS) is 11.7. The lowest BCUT2D eigenvalue weighted by atomic mass is 10.1. The van der Waals surface area contributed by atoms with Crippen LogP contribution in [0.15, 0.2) is 4.99 Å². The second-order valence-electron chi connectivity index (χ2n) is 4.57. The molecule has 3 N–H and O–H groups in total. The third-order valence-electron chi connectivity index (χ3n) is 1.64. The molecule has 0 radical (unpaired) electrons. The Labute approximate surface area is 112 Å². The smallest absolute Gasteiger partial charge is 0.345 e. The molecule has 19 heavy (non-hydrogen) atoms. The van der Waals surface area contributed by atoms with Crippen molar-refractivity contribution in [2.24, 2.45) is 4.99 Å². The lowest BCUT2D eigenvalue weighted by molar-refractivity contribution is 0.132. The van der Waals surface area contributed by atoms with Crippen LogP contribution in [0.3, 0.4) is 0 Å². The van der Waals surface area contributed by atoms with Crippen LogP contribution in [-0.2, 0) is 9.47 Å². The predicted molar refractivity (Wildman–Crippen MR) is 70.9 cm³/mol. The van der Waals surface area contributed by atoms with Crippen molar-refractivity contribution in [3.63, 3.8) is 0 Å². The number of hydrogen-bond donors (Lipinski definition) is 3. The highest BCUT2D eigenvalue weighted by molar-refractivity contribution is 5.98. The van der Waals surface area contributed by atoms with Crippen LogP contribution in [0.1, 0.15) is 27.7 Å². The molecular weight excluding hydrogens is 252 g/mol. The zero-order chi connectivity index (χ0) is 14.9. The molecule has 0 aliphatic carbocycles. The van der Waals surface area contributed by atoms with E-state index in [1.54, 1.807) is 6.92 Å². The number of carbonyl (C=O) groups is 2. The first kappa shape index (κ1) is 17.2. The molecule has 0 aromatic rings. The average Bonchev–Trinajstić information content (AvgIpc) is 2.25. The van der Waals surface area contributed by atoms with E-state index in [4.69, 9.17) is 9.47 Å². The van der Waals surface area contributed by atoms with E-state index in [0.717, 1.165) is 0 Å². The van der Waals surface area contributed by atoms with Gasteiger partial charge in [0.25, 0.3) is 0 Å². The Balaban J connectivity index is 4.32. The van der Waals surface area contributed by atoms with Crippen molar-refractivity contribution in [3.05, 3.63) is 0 Å². The van der Waals surface area contributed by atoms with E-state index in [0.29, 0.717) is 6.61 Å². The minimum absolute atomic E-state index is 0.0630. The minimum Gasteiger partial charge on any atom is -0.468 e. The van der Waals surface area contributed by atoms with Crippen LogP contribution < -0.4 is 16.0 Å². The molecule has 0 saturated heterocycles. The third-order valence-corrected chi connectivity index (χ3v) is 1.64. The van der Waals surface area contributed by atoms with Crippen LogP contribution in [-0.4, -0.2) is 44.1 Å². The molecule has 8 nitrogen and oxygen atoms in total. The molecule has 0 fully saturated rings. The van der Waals surface area contributed by atoms with Crippen LogP contribution in [0, 0.1) is 0 Å². The van der Waals surface area contributed by atoms with E-state index in [2.05, 4.69) is 20.9 Å². The van der Waals surface area contributed by atoms with E-state index in [-0.39, 0.29) is 12.8 Å². The molecule has 0 spiro atoms. The predicted octanol–water partition coefficient (Wildman–Crippen LogP) is 0.790. The van der Waals surface area contributed by atoms with Crippen molar-refractivity contribution in [2.75, 3.05) is 20.4 Å². The number of rotatable bonds is 3. The summed E-state index contributed by atoms with van der Waals surface area (Å²) in [6.45, 7) is 7.80. The molecular formula is C11H22N4O4. The van der Waals surface area contributed by atoms with Crippen LogP contribution >= 0.6 is 0 Å². The number of nitrogens with one attached hydrogen (secondary N) is 3.